The Kier molecular flexibility index (Phi) is 3.89. The van der Waals surface area contributed by atoms with E-state index in [9.17, 15) is 24.6 Å². The summed E-state index contributed by atoms with van der Waals surface area (Å²) in [7, 11) is 0. The molecule has 6 nitrogen and oxygen atoms in total. The quantitative estimate of drug-likeness (QED) is 0.830. The molecule has 0 aliphatic heterocycles. The molecule has 0 aliphatic rings. The molecule has 2 aromatic rings. The molecule has 0 radical (unpaired) electrons. The van der Waals surface area contributed by atoms with Crippen LogP contribution < -0.4 is 10.9 Å². The summed E-state index contributed by atoms with van der Waals surface area (Å²) < 4.78 is 1.40. The first-order chi connectivity index (χ1) is 9.95. The van der Waals surface area contributed by atoms with Crippen LogP contribution in [0.4, 0.5) is 0 Å². The van der Waals surface area contributed by atoms with E-state index >= 15 is 0 Å². The molecule has 0 amide bonds. The molecule has 6 heteroatoms. The van der Waals surface area contributed by atoms with Crippen LogP contribution in [0, 0.1) is 0 Å². The molecule has 1 aromatic heterocycles. The minimum atomic E-state index is -1.24. The van der Waals surface area contributed by atoms with E-state index in [1.807, 2.05) is 0 Å². The second-order valence-corrected chi connectivity index (χ2v) is 4.40. The van der Waals surface area contributed by atoms with Crippen LogP contribution in [-0.2, 0) is 6.54 Å². The van der Waals surface area contributed by atoms with Gasteiger partial charge in [-0.3, -0.25) is 9.59 Å². The smallest absolute Gasteiger partial charge is 0.352 e. The number of hydrogen-bond acceptors (Lipinski definition) is 4. The van der Waals surface area contributed by atoms with Gasteiger partial charge in [0.05, 0.1) is 5.52 Å². The molecule has 1 aromatic carbocycles. The van der Waals surface area contributed by atoms with Crippen LogP contribution >= 0.6 is 0 Å². The third-order valence-corrected chi connectivity index (χ3v) is 3.06. The summed E-state index contributed by atoms with van der Waals surface area (Å²) in [6.07, 6.45) is 3.47. The zero-order valence-corrected chi connectivity index (χ0v) is 11.2. The first-order valence-corrected chi connectivity index (χ1v) is 6.21. The van der Waals surface area contributed by atoms with Crippen molar-refractivity contribution in [2.75, 3.05) is 0 Å². The van der Waals surface area contributed by atoms with Gasteiger partial charge in [-0.15, -0.1) is 0 Å². The normalized spacial score (nSPS) is 11.1. The Labute approximate surface area is 119 Å². The highest BCUT2D eigenvalue weighted by molar-refractivity contribution is 5.90. The number of pyridine rings is 1. The number of aromatic carboxylic acids is 1. The Hall–Kier alpha value is -2.89. The number of rotatable bonds is 3. The highest BCUT2D eigenvalue weighted by Gasteiger charge is 2.14. The number of aromatic nitrogens is 1. The molecule has 2 rings (SSSR count). The van der Waals surface area contributed by atoms with Crippen molar-refractivity contribution >= 4 is 16.9 Å². The average molecular weight is 287 g/mol. The van der Waals surface area contributed by atoms with E-state index in [1.165, 1.54) is 10.6 Å². The van der Waals surface area contributed by atoms with Crippen molar-refractivity contribution in [3.63, 3.8) is 0 Å². The van der Waals surface area contributed by atoms with Gasteiger partial charge in [0.25, 0.3) is 0 Å². The molecule has 108 valence electrons. The van der Waals surface area contributed by atoms with E-state index in [0.717, 1.165) is 18.2 Å². The number of allylic oxidation sites excluding steroid dienone is 2. The lowest BCUT2D eigenvalue weighted by Crippen LogP contribution is -2.17. The van der Waals surface area contributed by atoms with Gasteiger partial charge in [-0.1, -0.05) is 12.2 Å². The number of carbonyl (C=O) groups is 1. The highest BCUT2D eigenvalue weighted by atomic mass is 16.4. The van der Waals surface area contributed by atoms with E-state index in [0.29, 0.717) is 0 Å². The SMILES string of the molecule is C/C=C/Cn1c(C(=O)O)cc(=O)c2cc(O)c(=O)ccc21. The van der Waals surface area contributed by atoms with Crippen molar-refractivity contribution in [3.05, 3.63) is 62.6 Å². The maximum atomic E-state index is 12.0. The second-order valence-electron chi connectivity index (χ2n) is 4.40. The maximum absolute atomic E-state index is 12.0. The fourth-order valence-electron chi connectivity index (χ4n) is 2.04. The largest absolute Gasteiger partial charge is 0.504 e. The molecular weight excluding hydrogens is 274 g/mol. The average Bonchev–Trinajstić information content (AvgIpc) is 2.58. The number of fused-ring (bicyclic) bond motifs is 1. The summed E-state index contributed by atoms with van der Waals surface area (Å²) in [5, 5.41) is 18.9. The Bertz CT molecular complexity index is 864. The lowest BCUT2D eigenvalue weighted by atomic mass is 10.2. The van der Waals surface area contributed by atoms with Gasteiger partial charge in [0.1, 0.15) is 5.69 Å². The van der Waals surface area contributed by atoms with E-state index in [4.69, 9.17) is 0 Å². The zero-order valence-electron chi connectivity index (χ0n) is 11.2. The predicted molar refractivity (Wildman–Crippen MR) is 77.9 cm³/mol. The summed E-state index contributed by atoms with van der Waals surface area (Å²) in [6, 6.07) is 4.50. The molecule has 0 aliphatic carbocycles. The first-order valence-electron chi connectivity index (χ1n) is 6.21. The summed E-state index contributed by atoms with van der Waals surface area (Å²) in [5.41, 5.74) is -1.11. The van der Waals surface area contributed by atoms with Crippen molar-refractivity contribution < 1.29 is 15.0 Å². The van der Waals surface area contributed by atoms with E-state index in [2.05, 4.69) is 0 Å². The molecular formula is C15H13NO5. The third-order valence-electron chi connectivity index (χ3n) is 3.06. The number of hydrogen-bond donors (Lipinski definition) is 2. The van der Waals surface area contributed by atoms with Crippen LogP contribution in [0.15, 0.2) is 46.0 Å². The minimum Gasteiger partial charge on any atom is -0.504 e. The van der Waals surface area contributed by atoms with Gasteiger partial charge >= 0.3 is 5.97 Å². The highest BCUT2D eigenvalue weighted by Crippen LogP contribution is 2.15. The van der Waals surface area contributed by atoms with Crippen LogP contribution in [-0.4, -0.2) is 20.7 Å². The fraction of sp³-hybridized carbons (Fsp3) is 0.133. The van der Waals surface area contributed by atoms with Crippen molar-refractivity contribution in [2.24, 2.45) is 0 Å². The minimum absolute atomic E-state index is 0.0871. The molecule has 0 saturated carbocycles. The first kappa shape index (κ1) is 14.5. The fourth-order valence-corrected chi connectivity index (χ4v) is 2.04. The molecule has 0 bridgehead atoms. The van der Waals surface area contributed by atoms with Gasteiger partial charge in [-0.25, -0.2) is 4.79 Å². The Balaban J connectivity index is 3.00. The second kappa shape index (κ2) is 5.62. The summed E-state index contributed by atoms with van der Waals surface area (Å²) in [5.74, 6) is -1.79. The Morgan fingerprint density at radius 2 is 1.95 bits per heavy atom. The van der Waals surface area contributed by atoms with Crippen LogP contribution in [0.25, 0.3) is 10.9 Å². The van der Waals surface area contributed by atoms with Gasteiger partial charge in [-0.05, 0) is 25.1 Å². The number of carboxylic acid groups (broad SMARTS) is 1. The molecule has 0 spiro atoms. The number of nitrogens with zero attached hydrogens (tertiary/aromatic N) is 1. The molecule has 2 N–H and O–H groups in total. The van der Waals surface area contributed by atoms with Crippen molar-refractivity contribution in [1.29, 1.82) is 0 Å². The van der Waals surface area contributed by atoms with Gasteiger partial charge in [0.15, 0.2) is 11.2 Å². The molecule has 0 fully saturated rings. The maximum Gasteiger partial charge on any atom is 0.352 e. The molecule has 1 heterocycles. The summed E-state index contributed by atoms with van der Waals surface area (Å²) >= 11 is 0. The lowest BCUT2D eigenvalue weighted by Gasteiger charge is -2.11. The number of aromatic hydroxyl groups is 1. The third kappa shape index (κ3) is 2.69. The topological polar surface area (TPSA) is 96.6 Å². The van der Waals surface area contributed by atoms with E-state index in [-0.39, 0.29) is 23.1 Å². The van der Waals surface area contributed by atoms with E-state index in [1.54, 1.807) is 19.1 Å². The monoisotopic (exact) mass is 287 g/mol. The van der Waals surface area contributed by atoms with Gasteiger partial charge in [-0.2, -0.15) is 0 Å². The lowest BCUT2D eigenvalue weighted by molar-refractivity contribution is 0.0685. The van der Waals surface area contributed by atoms with Gasteiger partial charge in [0, 0.05) is 18.0 Å². The summed E-state index contributed by atoms with van der Waals surface area (Å²) in [6.45, 7) is 2.01. The van der Waals surface area contributed by atoms with Crippen molar-refractivity contribution in [3.8, 4) is 5.75 Å². The summed E-state index contributed by atoms with van der Waals surface area (Å²) in [4.78, 5) is 34.8. The standard InChI is InChI=1S/C15H13NO5/c1-2-3-6-16-10-4-5-12(17)14(19)7-9(10)13(18)8-11(16)15(20)21/h2-5,7-8H,6H2,1H3,(H,17,19)(H,20,21)/b3-2+. The van der Waals surface area contributed by atoms with Crippen molar-refractivity contribution in [1.82, 2.24) is 4.57 Å². The van der Waals surface area contributed by atoms with Gasteiger partial charge < -0.3 is 14.8 Å². The van der Waals surface area contributed by atoms with Crippen LogP contribution in [0.2, 0.25) is 0 Å². The predicted octanol–water partition coefficient (Wildman–Crippen LogP) is 1.34. The van der Waals surface area contributed by atoms with Crippen LogP contribution in [0.3, 0.4) is 0 Å². The van der Waals surface area contributed by atoms with Crippen LogP contribution in [0.5, 0.6) is 5.75 Å². The van der Waals surface area contributed by atoms with Crippen LogP contribution in [0.1, 0.15) is 17.4 Å². The molecule has 0 unspecified atom stereocenters. The molecule has 21 heavy (non-hydrogen) atoms. The Morgan fingerprint density at radius 1 is 1.24 bits per heavy atom. The zero-order chi connectivity index (χ0) is 15.6. The number of carboxylic acids is 1. The van der Waals surface area contributed by atoms with E-state index < -0.39 is 22.6 Å². The molecule has 0 saturated heterocycles. The van der Waals surface area contributed by atoms with Gasteiger partial charge in [0.2, 0.25) is 5.43 Å². The molecule has 0 atom stereocenters. The Morgan fingerprint density at radius 3 is 2.57 bits per heavy atom. The van der Waals surface area contributed by atoms with Crippen molar-refractivity contribution in [2.45, 2.75) is 13.5 Å².